The summed E-state index contributed by atoms with van der Waals surface area (Å²) < 4.78 is 0. The zero-order chi connectivity index (χ0) is 22.6. The highest BCUT2D eigenvalue weighted by Crippen LogP contribution is 2.45. The lowest BCUT2D eigenvalue weighted by molar-refractivity contribution is 0.299. The number of hydrogen-bond donors (Lipinski definition) is 1. The molecule has 0 saturated heterocycles. The van der Waals surface area contributed by atoms with Crippen molar-refractivity contribution in [1.29, 1.82) is 0 Å². The molecule has 1 rings (SSSR count). The second-order valence-corrected chi connectivity index (χ2v) is 11.9. The summed E-state index contributed by atoms with van der Waals surface area (Å²) >= 11 is 0. The van der Waals surface area contributed by atoms with Crippen LogP contribution in [0, 0.1) is 16.7 Å². The van der Waals surface area contributed by atoms with E-state index >= 15 is 0 Å². The second-order valence-electron chi connectivity index (χ2n) is 11.9. The largest absolute Gasteiger partial charge is 0.512 e. The molecule has 0 radical (unpaired) electrons. The Hall–Kier alpha value is -0.720. The van der Waals surface area contributed by atoms with E-state index in [-0.39, 0.29) is 10.8 Å². The van der Waals surface area contributed by atoms with Gasteiger partial charge in [-0.3, -0.25) is 0 Å². The highest BCUT2D eigenvalue weighted by Gasteiger charge is 2.33. The number of hydrogen-bond acceptors (Lipinski definition) is 1. The van der Waals surface area contributed by atoms with Crippen molar-refractivity contribution in [2.75, 3.05) is 0 Å². The summed E-state index contributed by atoms with van der Waals surface area (Å²) in [7, 11) is 0. The van der Waals surface area contributed by atoms with Crippen molar-refractivity contribution in [3.8, 4) is 0 Å². The van der Waals surface area contributed by atoms with Gasteiger partial charge in [0, 0.05) is 6.42 Å². The minimum absolute atomic E-state index is 0.0149. The molecule has 0 saturated carbocycles. The molecule has 1 aliphatic rings. The van der Waals surface area contributed by atoms with Gasteiger partial charge in [-0.2, -0.15) is 0 Å². The van der Waals surface area contributed by atoms with Crippen molar-refractivity contribution in [1.82, 2.24) is 0 Å². The minimum atomic E-state index is 0.0149. The van der Waals surface area contributed by atoms with Gasteiger partial charge < -0.3 is 5.11 Å². The van der Waals surface area contributed by atoms with Gasteiger partial charge in [0.25, 0.3) is 0 Å². The molecule has 0 fully saturated rings. The van der Waals surface area contributed by atoms with Crippen LogP contribution in [0.4, 0.5) is 0 Å². The van der Waals surface area contributed by atoms with Crippen LogP contribution in [-0.4, -0.2) is 5.11 Å². The van der Waals surface area contributed by atoms with E-state index in [9.17, 15) is 5.11 Å². The van der Waals surface area contributed by atoms with Crippen molar-refractivity contribution in [2.24, 2.45) is 16.7 Å². The third-order valence-electron chi connectivity index (χ3n) is 6.82. The summed E-state index contributed by atoms with van der Waals surface area (Å²) in [6.07, 6.45) is 22.7. The van der Waals surface area contributed by atoms with Gasteiger partial charge in [-0.15, -0.1) is 0 Å². The maximum absolute atomic E-state index is 10.7. The lowest BCUT2D eigenvalue weighted by Crippen LogP contribution is -2.25. The van der Waals surface area contributed by atoms with E-state index in [2.05, 4.69) is 54.5 Å². The molecular formula is C29H54O. The number of allylic oxidation sites excluding steroid dienone is 4. The van der Waals surface area contributed by atoms with Crippen molar-refractivity contribution < 1.29 is 5.11 Å². The molecule has 0 aromatic rings. The van der Waals surface area contributed by atoms with Crippen LogP contribution in [0.15, 0.2) is 23.0 Å². The molecule has 0 amide bonds. The summed E-state index contributed by atoms with van der Waals surface area (Å²) in [6, 6.07) is 0. The fraction of sp³-hybridized carbons (Fsp3) is 0.862. The molecular weight excluding hydrogens is 364 g/mol. The van der Waals surface area contributed by atoms with E-state index < -0.39 is 0 Å². The zero-order valence-corrected chi connectivity index (χ0v) is 21.7. The fourth-order valence-corrected chi connectivity index (χ4v) is 4.95. The van der Waals surface area contributed by atoms with Gasteiger partial charge >= 0.3 is 0 Å². The van der Waals surface area contributed by atoms with Gasteiger partial charge in [-0.1, -0.05) is 144 Å². The first-order chi connectivity index (χ1) is 14.1. The zero-order valence-electron chi connectivity index (χ0n) is 21.7. The van der Waals surface area contributed by atoms with Crippen molar-refractivity contribution in [2.45, 2.75) is 145 Å². The Balaban J connectivity index is 2.25. The maximum atomic E-state index is 10.7. The van der Waals surface area contributed by atoms with Crippen LogP contribution < -0.4 is 0 Å². The van der Waals surface area contributed by atoms with Crippen LogP contribution in [0.1, 0.15) is 145 Å². The topological polar surface area (TPSA) is 20.2 Å². The number of unbranched alkanes of at least 4 members (excludes halogenated alkanes) is 12. The molecule has 30 heavy (non-hydrogen) atoms. The fourth-order valence-electron chi connectivity index (χ4n) is 4.95. The molecule has 176 valence electrons. The van der Waals surface area contributed by atoms with Crippen LogP contribution in [0.2, 0.25) is 0 Å². The predicted octanol–water partition coefficient (Wildman–Crippen LogP) is 10.3. The van der Waals surface area contributed by atoms with Crippen LogP contribution in [0.5, 0.6) is 0 Å². The lowest BCUT2D eigenvalue weighted by atomic mass is 9.69. The van der Waals surface area contributed by atoms with Crippen LogP contribution in [0.25, 0.3) is 0 Å². The number of aliphatic hydroxyl groups excluding tert-OH is 1. The molecule has 1 heteroatoms. The normalized spacial score (nSPS) is 18.1. The van der Waals surface area contributed by atoms with Crippen LogP contribution >= 0.6 is 0 Å². The Kier molecular flexibility index (Phi) is 12.4. The SMILES string of the molecule is CCCCCCCCCCCCCCCC1CC(O)=C(C(C)(C)C)C=C1C(C)(C)C. The van der Waals surface area contributed by atoms with Crippen LogP contribution in [-0.2, 0) is 0 Å². The Labute approximate surface area is 189 Å². The Morgan fingerprint density at radius 2 is 1.13 bits per heavy atom. The first-order valence-electron chi connectivity index (χ1n) is 13.2. The molecule has 0 heterocycles. The Morgan fingerprint density at radius 1 is 0.700 bits per heavy atom. The summed E-state index contributed by atoms with van der Waals surface area (Å²) in [6.45, 7) is 15.9. The van der Waals surface area contributed by atoms with Gasteiger partial charge in [0.15, 0.2) is 0 Å². The summed E-state index contributed by atoms with van der Waals surface area (Å²) in [4.78, 5) is 0. The number of rotatable bonds is 14. The van der Waals surface area contributed by atoms with Gasteiger partial charge in [-0.25, -0.2) is 0 Å². The minimum Gasteiger partial charge on any atom is -0.512 e. The van der Waals surface area contributed by atoms with Gasteiger partial charge in [0.05, 0.1) is 5.76 Å². The molecule has 0 spiro atoms. The summed E-state index contributed by atoms with van der Waals surface area (Å²) in [5.74, 6) is 1.15. The Bertz CT molecular complexity index is 524. The maximum Gasteiger partial charge on any atom is 0.0965 e. The molecule has 1 N–H and O–H groups in total. The molecule has 0 aromatic heterocycles. The number of aliphatic hydroxyl groups is 1. The smallest absolute Gasteiger partial charge is 0.0965 e. The lowest BCUT2D eigenvalue weighted by Gasteiger charge is -2.37. The molecule has 1 atom stereocenters. The Morgan fingerprint density at radius 3 is 1.53 bits per heavy atom. The van der Waals surface area contributed by atoms with Gasteiger partial charge in [-0.05, 0) is 28.7 Å². The second kappa shape index (κ2) is 13.6. The standard InChI is InChI=1S/C29H54O/c1-8-9-10-11-12-13-14-15-16-17-18-19-20-21-24-22-27(30)26(29(5,6)7)23-25(24)28(2,3)4/h23-24,30H,8-22H2,1-7H3. The monoisotopic (exact) mass is 418 g/mol. The predicted molar refractivity (Wildman–Crippen MR) is 135 cm³/mol. The molecule has 1 aliphatic carbocycles. The van der Waals surface area contributed by atoms with E-state index in [0.717, 1.165) is 12.0 Å². The third-order valence-corrected chi connectivity index (χ3v) is 6.82. The summed E-state index contributed by atoms with van der Waals surface area (Å²) in [5, 5.41) is 10.7. The van der Waals surface area contributed by atoms with E-state index in [1.165, 1.54) is 89.9 Å². The quantitative estimate of drug-likeness (QED) is 0.278. The average molecular weight is 419 g/mol. The average Bonchev–Trinajstić information content (AvgIpc) is 2.63. The van der Waals surface area contributed by atoms with Crippen molar-refractivity contribution in [3.05, 3.63) is 23.0 Å². The first kappa shape index (κ1) is 27.3. The first-order valence-corrected chi connectivity index (χ1v) is 13.2. The molecule has 0 aromatic carbocycles. The molecule has 1 nitrogen and oxygen atoms in total. The molecule has 0 bridgehead atoms. The highest BCUT2D eigenvalue weighted by molar-refractivity contribution is 5.38. The van der Waals surface area contributed by atoms with Crippen LogP contribution in [0.3, 0.4) is 0 Å². The van der Waals surface area contributed by atoms with E-state index in [4.69, 9.17) is 0 Å². The van der Waals surface area contributed by atoms with E-state index in [1.54, 1.807) is 5.57 Å². The van der Waals surface area contributed by atoms with Gasteiger partial charge in [0.2, 0.25) is 0 Å². The molecule has 0 aliphatic heterocycles. The van der Waals surface area contributed by atoms with Gasteiger partial charge in [0.1, 0.15) is 0 Å². The van der Waals surface area contributed by atoms with Crippen molar-refractivity contribution in [3.63, 3.8) is 0 Å². The van der Waals surface area contributed by atoms with Crippen molar-refractivity contribution >= 4 is 0 Å². The van der Waals surface area contributed by atoms with E-state index in [1.807, 2.05) is 0 Å². The summed E-state index contributed by atoms with van der Waals surface area (Å²) in [5.41, 5.74) is 2.89. The molecule has 1 unspecified atom stereocenters. The third kappa shape index (κ3) is 10.5. The van der Waals surface area contributed by atoms with E-state index in [0.29, 0.717) is 11.7 Å². The highest BCUT2D eigenvalue weighted by atomic mass is 16.3.